The number of hydrogen-bond acceptors (Lipinski definition) is 7. The molecule has 6 nitrogen and oxygen atoms in total. The minimum absolute atomic E-state index is 0.237. The molecule has 18 heavy (non-hydrogen) atoms. The van der Waals surface area contributed by atoms with E-state index in [1.165, 1.54) is 12.0 Å². The zero-order valence-corrected chi connectivity index (χ0v) is 11.0. The van der Waals surface area contributed by atoms with Gasteiger partial charge in [0.1, 0.15) is 0 Å². The first-order valence-corrected chi connectivity index (χ1v) is 6.33. The molecule has 0 aromatic carbocycles. The van der Waals surface area contributed by atoms with Gasteiger partial charge in [-0.25, -0.2) is 0 Å². The highest BCUT2D eigenvalue weighted by Crippen LogP contribution is 2.13. The Bertz CT molecular complexity index is 468. The Kier molecular flexibility index (Phi) is 4.30. The smallest absolute Gasteiger partial charge is 0.324 e. The fourth-order valence-corrected chi connectivity index (χ4v) is 1.99. The van der Waals surface area contributed by atoms with Gasteiger partial charge in [0.15, 0.2) is 0 Å². The van der Waals surface area contributed by atoms with Crippen LogP contribution in [0, 0.1) is 0 Å². The summed E-state index contributed by atoms with van der Waals surface area (Å²) in [5.41, 5.74) is 0. The Morgan fingerprint density at radius 3 is 2.78 bits per heavy atom. The molecule has 0 fully saturated rings. The fourth-order valence-electron chi connectivity index (χ4n) is 1.30. The highest BCUT2D eigenvalue weighted by atomic mass is 32.1. The molecular weight excluding hydrogens is 252 g/mol. The van der Waals surface area contributed by atoms with E-state index in [9.17, 15) is 0 Å². The second-order valence-electron chi connectivity index (χ2n) is 3.36. The molecule has 2 heterocycles. The molecule has 0 aliphatic carbocycles. The first-order valence-electron chi connectivity index (χ1n) is 5.45. The van der Waals surface area contributed by atoms with Crippen LogP contribution in [0.3, 0.4) is 0 Å². The summed E-state index contributed by atoms with van der Waals surface area (Å²) in [4.78, 5) is 13.4. The molecule has 0 unspecified atom stereocenters. The summed E-state index contributed by atoms with van der Waals surface area (Å²) in [6.45, 7) is 0.525. The van der Waals surface area contributed by atoms with E-state index in [2.05, 4.69) is 26.3 Å². The van der Waals surface area contributed by atoms with Gasteiger partial charge in [-0.1, -0.05) is 6.07 Å². The Balaban J connectivity index is 1.95. The van der Waals surface area contributed by atoms with E-state index in [0.717, 1.165) is 6.42 Å². The van der Waals surface area contributed by atoms with Crippen LogP contribution in [-0.2, 0) is 6.42 Å². The van der Waals surface area contributed by atoms with Crippen molar-refractivity contribution in [2.75, 3.05) is 26.1 Å². The minimum Gasteiger partial charge on any atom is -0.467 e. The molecule has 0 bridgehead atoms. The van der Waals surface area contributed by atoms with Crippen LogP contribution in [0.2, 0.25) is 0 Å². The van der Waals surface area contributed by atoms with Crippen molar-refractivity contribution in [1.82, 2.24) is 15.0 Å². The van der Waals surface area contributed by atoms with E-state index in [-0.39, 0.29) is 12.0 Å². The standard InChI is InChI=1S/C11H14N4O2S/c1-12-9-13-10(16-2)15-11(14-9)17-6-5-8-4-3-7-18-8/h3-4,7H,5-6H2,1-2H3,(H,12,13,14,15). The van der Waals surface area contributed by atoms with Gasteiger partial charge < -0.3 is 14.8 Å². The summed E-state index contributed by atoms with van der Waals surface area (Å²) in [7, 11) is 3.23. The minimum atomic E-state index is 0.237. The van der Waals surface area contributed by atoms with E-state index in [0.29, 0.717) is 12.6 Å². The number of rotatable bonds is 6. The van der Waals surface area contributed by atoms with Crippen LogP contribution in [0.5, 0.6) is 12.0 Å². The molecule has 96 valence electrons. The van der Waals surface area contributed by atoms with Gasteiger partial charge >= 0.3 is 12.0 Å². The van der Waals surface area contributed by atoms with E-state index in [4.69, 9.17) is 9.47 Å². The maximum atomic E-state index is 5.49. The molecule has 2 aromatic heterocycles. The molecular formula is C11H14N4O2S. The van der Waals surface area contributed by atoms with Crippen LogP contribution < -0.4 is 14.8 Å². The van der Waals surface area contributed by atoms with E-state index < -0.39 is 0 Å². The number of anilines is 1. The Morgan fingerprint density at radius 1 is 1.28 bits per heavy atom. The maximum absolute atomic E-state index is 5.49. The number of thiophene rings is 1. The number of nitrogens with zero attached hydrogens (tertiary/aromatic N) is 3. The number of hydrogen-bond donors (Lipinski definition) is 1. The molecule has 0 spiro atoms. The molecule has 0 amide bonds. The van der Waals surface area contributed by atoms with E-state index in [1.807, 2.05) is 11.4 Å². The number of aromatic nitrogens is 3. The lowest BCUT2D eigenvalue weighted by Gasteiger charge is -2.06. The van der Waals surface area contributed by atoms with Gasteiger partial charge in [-0.3, -0.25) is 0 Å². The van der Waals surface area contributed by atoms with Crippen molar-refractivity contribution in [3.63, 3.8) is 0 Å². The van der Waals surface area contributed by atoms with Crippen molar-refractivity contribution in [1.29, 1.82) is 0 Å². The lowest BCUT2D eigenvalue weighted by Crippen LogP contribution is -2.07. The van der Waals surface area contributed by atoms with Gasteiger partial charge in [-0.2, -0.15) is 9.97 Å². The summed E-state index contributed by atoms with van der Waals surface area (Å²) in [6.07, 6.45) is 0.834. The van der Waals surface area contributed by atoms with Crippen LogP contribution >= 0.6 is 11.3 Å². The van der Waals surface area contributed by atoms with Crippen molar-refractivity contribution in [3.8, 4) is 12.0 Å². The molecule has 7 heteroatoms. The molecule has 0 atom stereocenters. The van der Waals surface area contributed by atoms with Crippen molar-refractivity contribution >= 4 is 17.3 Å². The topological polar surface area (TPSA) is 69.2 Å². The van der Waals surface area contributed by atoms with Gasteiger partial charge in [0.25, 0.3) is 0 Å². The van der Waals surface area contributed by atoms with Crippen molar-refractivity contribution in [3.05, 3.63) is 22.4 Å². The zero-order chi connectivity index (χ0) is 12.8. The summed E-state index contributed by atoms with van der Waals surface area (Å²) < 4.78 is 10.5. The van der Waals surface area contributed by atoms with Gasteiger partial charge in [0.2, 0.25) is 5.95 Å². The van der Waals surface area contributed by atoms with Gasteiger partial charge in [-0.05, 0) is 11.4 Å². The number of ether oxygens (including phenoxy) is 2. The second kappa shape index (κ2) is 6.15. The van der Waals surface area contributed by atoms with Crippen molar-refractivity contribution in [2.45, 2.75) is 6.42 Å². The van der Waals surface area contributed by atoms with Crippen LogP contribution in [0.1, 0.15) is 4.88 Å². The Morgan fingerprint density at radius 2 is 2.11 bits per heavy atom. The molecule has 0 radical (unpaired) electrons. The summed E-state index contributed by atoms with van der Waals surface area (Å²) in [6, 6.07) is 4.59. The average Bonchev–Trinajstić information content (AvgIpc) is 2.91. The highest BCUT2D eigenvalue weighted by molar-refractivity contribution is 7.09. The quantitative estimate of drug-likeness (QED) is 0.856. The van der Waals surface area contributed by atoms with E-state index >= 15 is 0 Å². The normalized spacial score (nSPS) is 10.1. The molecule has 0 saturated carbocycles. The van der Waals surface area contributed by atoms with Gasteiger partial charge in [0.05, 0.1) is 13.7 Å². The van der Waals surface area contributed by atoms with Crippen molar-refractivity contribution < 1.29 is 9.47 Å². The highest BCUT2D eigenvalue weighted by Gasteiger charge is 2.06. The van der Waals surface area contributed by atoms with Crippen LogP contribution in [0.25, 0.3) is 0 Å². The molecule has 0 aliphatic rings. The number of nitrogens with one attached hydrogen (secondary N) is 1. The first-order chi connectivity index (χ1) is 8.81. The summed E-state index contributed by atoms with van der Waals surface area (Å²) >= 11 is 1.70. The lowest BCUT2D eigenvalue weighted by atomic mass is 10.4. The fraction of sp³-hybridized carbons (Fsp3) is 0.364. The maximum Gasteiger partial charge on any atom is 0.324 e. The molecule has 0 saturated heterocycles. The van der Waals surface area contributed by atoms with Crippen LogP contribution in [-0.4, -0.2) is 35.7 Å². The Labute approximate surface area is 109 Å². The largest absolute Gasteiger partial charge is 0.467 e. The molecule has 2 rings (SSSR count). The second-order valence-corrected chi connectivity index (χ2v) is 4.39. The zero-order valence-electron chi connectivity index (χ0n) is 10.2. The average molecular weight is 266 g/mol. The SMILES string of the molecule is CNc1nc(OC)nc(OCCc2cccs2)n1. The van der Waals surface area contributed by atoms with Crippen LogP contribution in [0.4, 0.5) is 5.95 Å². The third-order valence-corrected chi connectivity index (χ3v) is 3.10. The predicted octanol–water partition coefficient (Wildman–Crippen LogP) is 1.60. The Hall–Kier alpha value is -1.89. The first kappa shape index (κ1) is 12.6. The molecule has 0 aliphatic heterocycles. The molecule has 2 aromatic rings. The lowest BCUT2D eigenvalue weighted by molar-refractivity contribution is 0.285. The third kappa shape index (κ3) is 3.30. The predicted molar refractivity (Wildman–Crippen MR) is 69.4 cm³/mol. The third-order valence-electron chi connectivity index (χ3n) is 2.16. The summed E-state index contributed by atoms with van der Waals surface area (Å²) in [5.74, 6) is 0.424. The molecule has 1 N–H and O–H groups in total. The van der Waals surface area contributed by atoms with E-state index in [1.54, 1.807) is 18.4 Å². The monoisotopic (exact) mass is 266 g/mol. The van der Waals surface area contributed by atoms with Gasteiger partial charge in [-0.15, -0.1) is 16.3 Å². The number of methoxy groups -OCH3 is 1. The van der Waals surface area contributed by atoms with Crippen LogP contribution in [0.15, 0.2) is 17.5 Å². The van der Waals surface area contributed by atoms with Crippen molar-refractivity contribution in [2.24, 2.45) is 0 Å². The summed E-state index contributed by atoms with van der Waals surface area (Å²) in [5, 5.41) is 4.87. The van der Waals surface area contributed by atoms with Gasteiger partial charge in [0, 0.05) is 18.3 Å².